The number of nitrogens with one attached hydrogen (secondary N) is 1. The van der Waals surface area contributed by atoms with E-state index in [0.29, 0.717) is 5.56 Å². The van der Waals surface area contributed by atoms with Crippen LogP contribution in [0.5, 0.6) is 0 Å². The molecule has 3 rings (SSSR count). The summed E-state index contributed by atoms with van der Waals surface area (Å²) in [5.74, 6) is -0.251. The van der Waals surface area contributed by atoms with Gasteiger partial charge in [-0.3, -0.25) is 14.9 Å². The first-order chi connectivity index (χ1) is 12.1. The molecule has 1 N–H and O–H groups in total. The molecule has 2 aromatic carbocycles. The Balaban J connectivity index is 1.75. The molecule has 0 saturated carbocycles. The molecule has 1 aliphatic rings. The minimum atomic E-state index is -0.454. The molecular weight excluding hydrogens is 318 g/mol. The summed E-state index contributed by atoms with van der Waals surface area (Å²) >= 11 is 0. The zero-order valence-electron chi connectivity index (χ0n) is 14.0. The van der Waals surface area contributed by atoms with Crippen molar-refractivity contribution in [2.45, 2.75) is 25.7 Å². The Bertz CT molecular complexity index is 770. The highest BCUT2D eigenvalue weighted by atomic mass is 16.6. The number of hydrogen-bond acceptors (Lipinski definition) is 4. The van der Waals surface area contributed by atoms with Gasteiger partial charge in [-0.15, -0.1) is 0 Å². The Morgan fingerprint density at radius 1 is 1.04 bits per heavy atom. The van der Waals surface area contributed by atoms with Gasteiger partial charge >= 0.3 is 0 Å². The minimum Gasteiger partial charge on any atom is -0.370 e. The highest BCUT2D eigenvalue weighted by Gasteiger charge is 2.18. The molecule has 130 valence electrons. The number of anilines is 2. The lowest BCUT2D eigenvalue weighted by Crippen LogP contribution is -2.30. The van der Waals surface area contributed by atoms with Gasteiger partial charge < -0.3 is 10.2 Å². The predicted octanol–water partition coefficient (Wildman–Crippen LogP) is 3.77. The van der Waals surface area contributed by atoms with E-state index in [1.54, 1.807) is 18.2 Å². The number of amides is 1. The topological polar surface area (TPSA) is 75.5 Å². The molecule has 1 amide bonds. The van der Waals surface area contributed by atoms with E-state index >= 15 is 0 Å². The van der Waals surface area contributed by atoms with Crippen molar-refractivity contribution in [3.05, 3.63) is 64.2 Å². The lowest BCUT2D eigenvalue weighted by atomic mass is 10.1. The third-order valence-corrected chi connectivity index (χ3v) is 4.41. The van der Waals surface area contributed by atoms with Gasteiger partial charge in [0.1, 0.15) is 0 Å². The van der Waals surface area contributed by atoms with Crippen LogP contribution in [0.3, 0.4) is 0 Å². The summed E-state index contributed by atoms with van der Waals surface area (Å²) in [6, 6.07) is 14.1. The van der Waals surface area contributed by atoms with Gasteiger partial charge in [-0.05, 0) is 31.4 Å². The van der Waals surface area contributed by atoms with Crippen LogP contribution in [-0.2, 0) is 11.2 Å². The summed E-state index contributed by atoms with van der Waals surface area (Å²) in [6.45, 7) is 1.97. The highest BCUT2D eigenvalue weighted by Crippen LogP contribution is 2.28. The van der Waals surface area contributed by atoms with E-state index in [4.69, 9.17) is 0 Å². The summed E-state index contributed by atoms with van der Waals surface area (Å²) in [5, 5.41) is 14.0. The average Bonchev–Trinajstić information content (AvgIpc) is 2.63. The monoisotopic (exact) mass is 339 g/mol. The van der Waals surface area contributed by atoms with Crippen molar-refractivity contribution in [1.82, 2.24) is 0 Å². The van der Waals surface area contributed by atoms with Crippen LogP contribution < -0.4 is 10.2 Å². The zero-order valence-corrected chi connectivity index (χ0v) is 14.0. The van der Waals surface area contributed by atoms with Gasteiger partial charge in [0.2, 0.25) is 5.91 Å². The van der Waals surface area contributed by atoms with E-state index in [0.717, 1.165) is 37.3 Å². The molecule has 0 radical (unpaired) electrons. The molecule has 0 aromatic heterocycles. The van der Waals surface area contributed by atoms with Gasteiger partial charge in [0, 0.05) is 24.7 Å². The van der Waals surface area contributed by atoms with Gasteiger partial charge in [0.05, 0.1) is 22.7 Å². The third kappa shape index (κ3) is 4.15. The van der Waals surface area contributed by atoms with E-state index in [9.17, 15) is 14.9 Å². The number of rotatable bonds is 5. The first-order valence-corrected chi connectivity index (χ1v) is 8.51. The number of nitro groups is 1. The smallest absolute Gasteiger partial charge is 0.273 e. The van der Waals surface area contributed by atoms with Crippen molar-refractivity contribution in [1.29, 1.82) is 0 Å². The molecule has 1 heterocycles. The fourth-order valence-electron chi connectivity index (χ4n) is 3.20. The van der Waals surface area contributed by atoms with Crippen molar-refractivity contribution in [3.63, 3.8) is 0 Å². The summed E-state index contributed by atoms with van der Waals surface area (Å²) in [5.41, 5.74) is 2.16. The van der Waals surface area contributed by atoms with E-state index < -0.39 is 4.92 Å². The predicted molar refractivity (Wildman–Crippen MR) is 97.9 cm³/mol. The van der Waals surface area contributed by atoms with E-state index in [1.807, 2.05) is 24.3 Å². The van der Waals surface area contributed by atoms with Crippen LogP contribution in [0.15, 0.2) is 48.5 Å². The Hall–Kier alpha value is -2.89. The van der Waals surface area contributed by atoms with Gasteiger partial charge in [-0.25, -0.2) is 0 Å². The molecule has 1 fully saturated rings. The van der Waals surface area contributed by atoms with Crippen molar-refractivity contribution >= 4 is 23.0 Å². The molecule has 25 heavy (non-hydrogen) atoms. The van der Waals surface area contributed by atoms with Crippen LogP contribution in [0.2, 0.25) is 0 Å². The number of piperidine rings is 1. The Labute approximate surface area is 146 Å². The molecule has 0 bridgehead atoms. The molecule has 1 aliphatic heterocycles. The second-order valence-electron chi connectivity index (χ2n) is 6.18. The zero-order chi connectivity index (χ0) is 17.6. The van der Waals surface area contributed by atoms with Crippen LogP contribution in [0, 0.1) is 10.1 Å². The van der Waals surface area contributed by atoms with Gasteiger partial charge in [-0.1, -0.05) is 30.3 Å². The van der Waals surface area contributed by atoms with Gasteiger partial charge in [0.15, 0.2) is 0 Å². The van der Waals surface area contributed by atoms with Crippen LogP contribution in [0.1, 0.15) is 24.8 Å². The Morgan fingerprint density at radius 2 is 1.72 bits per heavy atom. The quantitative estimate of drug-likeness (QED) is 0.665. The maximum atomic E-state index is 12.4. The average molecular weight is 339 g/mol. The number of para-hydroxylation sites is 3. The third-order valence-electron chi connectivity index (χ3n) is 4.41. The molecule has 2 aromatic rings. The van der Waals surface area contributed by atoms with E-state index in [2.05, 4.69) is 10.2 Å². The molecule has 6 heteroatoms. The number of carbonyl (C=O) groups is 1. The van der Waals surface area contributed by atoms with Gasteiger partial charge in [0.25, 0.3) is 5.69 Å². The number of benzene rings is 2. The molecule has 6 nitrogen and oxygen atoms in total. The lowest BCUT2D eigenvalue weighted by Gasteiger charge is -2.30. The van der Waals surface area contributed by atoms with Crippen LogP contribution in [0.4, 0.5) is 17.1 Å². The fourth-order valence-corrected chi connectivity index (χ4v) is 3.20. The number of carbonyl (C=O) groups excluding carboxylic acids is 1. The van der Waals surface area contributed by atoms with Gasteiger partial charge in [-0.2, -0.15) is 0 Å². The summed E-state index contributed by atoms with van der Waals surface area (Å²) in [6.07, 6.45) is 3.52. The van der Waals surface area contributed by atoms with Crippen molar-refractivity contribution in [2.75, 3.05) is 23.3 Å². The van der Waals surface area contributed by atoms with Crippen LogP contribution in [-0.4, -0.2) is 23.9 Å². The lowest BCUT2D eigenvalue weighted by molar-refractivity contribution is -0.385. The highest BCUT2D eigenvalue weighted by molar-refractivity contribution is 5.96. The summed E-state index contributed by atoms with van der Waals surface area (Å²) in [4.78, 5) is 25.4. The van der Waals surface area contributed by atoms with Crippen LogP contribution in [0.25, 0.3) is 0 Å². The summed E-state index contributed by atoms with van der Waals surface area (Å²) < 4.78 is 0. The second-order valence-corrected chi connectivity index (χ2v) is 6.18. The van der Waals surface area contributed by atoms with E-state index in [-0.39, 0.29) is 18.0 Å². The number of hydrogen-bond donors (Lipinski definition) is 1. The largest absolute Gasteiger partial charge is 0.370 e. The SMILES string of the molecule is O=C(Cc1ccccc1[N+](=O)[O-])Nc1ccccc1N1CCCCC1. The second kappa shape index (κ2) is 7.79. The molecule has 0 unspecified atom stereocenters. The summed E-state index contributed by atoms with van der Waals surface area (Å²) in [7, 11) is 0. The Kier molecular flexibility index (Phi) is 5.28. The number of nitro benzene ring substituents is 1. The minimum absolute atomic E-state index is 0.0223. The maximum absolute atomic E-state index is 12.4. The Morgan fingerprint density at radius 3 is 2.48 bits per heavy atom. The van der Waals surface area contributed by atoms with Crippen molar-refractivity contribution in [2.24, 2.45) is 0 Å². The number of nitrogens with zero attached hydrogens (tertiary/aromatic N) is 2. The van der Waals surface area contributed by atoms with Crippen molar-refractivity contribution in [3.8, 4) is 0 Å². The van der Waals surface area contributed by atoms with Crippen LogP contribution >= 0.6 is 0 Å². The molecule has 0 spiro atoms. The van der Waals surface area contributed by atoms with Crippen molar-refractivity contribution < 1.29 is 9.72 Å². The molecule has 1 saturated heterocycles. The molecule has 0 aliphatic carbocycles. The van der Waals surface area contributed by atoms with E-state index in [1.165, 1.54) is 12.5 Å². The first-order valence-electron chi connectivity index (χ1n) is 8.51. The maximum Gasteiger partial charge on any atom is 0.273 e. The normalized spacial score (nSPS) is 14.2. The molecular formula is C19H21N3O3. The molecule has 0 atom stereocenters. The fraction of sp³-hybridized carbons (Fsp3) is 0.316. The standard InChI is InChI=1S/C19H21N3O3/c23-19(14-15-8-2-4-10-17(15)22(24)25)20-16-9-3-5-11-18(16)21-12-6-1-7-13-21/h2-5,8-11H,1,6-7,12-14H2,(H,20,23). The first kappa shape index (κ1) is 17.0.